The number of rotatable bonds is 7. The molecule has 0 radical (unpaired) electrons. The summed E-state index contributed by atoms with van der Waals surface area (Å²) in [6, 6.07) is 0. The molecule has 0 aromatic rings. The van der Waals surface area contributed by atoms with Crippen molar-refractivity contribution < 1.29 is 9.90 Å². The molecule has 0 aliphatic carbocycles. The number of carbonyl (C=O) groups is 1. The van der Waals surface area contributed by atoms with Crippen LogP contribution in [-0.4, -0.2) is 11.1 Å². The number of hydrogen-bond donors (Lipinski definition) is 1. The van der Waals surface area contributed by atoms with Crippen molar-refractivity contribution in [2.24, 2.45) is 5.92 Å². The highest BCUT2D eigenvalue weighted by molar-refractivity contribution is 5.69. The van der Waals surface area contributed by atoms with Gasteiger partial charge in [0.25, 0.3) is 0 Å². The van der Waals surface area contributed by atoms with Gasteiger partial charge in [-0.3, -0.25) is 4.79 Å². The van der Waals surface area contributed by atoms with Crippen molar-refractivity contribution in [3.63, 3.8) is 0 Å². The van der Waals surface area contributed by atoms with Crippen LogP contribution in [0.3, 0.4) is 0 Å². The van der Waals surface area contributed by atoms with Gasteiger partial charge in [-0.15, -0.1) is 0 Å². The minimum Gasteiger partial charge on any atom is -0.481 e. The third kappa shape index (κ3) is 5.16. The molecule has 72 valence electrons. The Morgan fingerprint density at radius 3 is 2.33 bits per heavy atom. The van der Waals surface area contributed by atoms with Gasteiger partial charge in [0.2, 0.25) is 0 Å². The zero-order chi connectivity index (χ0) is 9.40. The summed E-state index contributed by atoms with van der Waals surface area (Å²) in [5.74, 6) is -0.740. The van der Waals surface area contributed by atoms with Gasteiger partial charge in [-0.2, -0.15) is 0 Å². The van der Waals surface area contributed by atoms with Gasteiger partial charge < -0.3 is 5.11 Å². The first-order valence-electron chi connectivity index (χ1n) is 4.95. The van der Waals surface area contributed by atoms with E-state index in [1.54, 1.807) is 0 Å². The van der Waals surface area contributed by atoms with E-state index in [-0.39, 0.29) is 5.92 Å². The lowest BCUT2D eigenvalue weighted by Gasteiger charge is -2.08. The van der Waals surface area contributed by atoms with Crippen LogP contribution in [0.5, 0.6) is 0 Å². The molecule has 0 aliphatic heterocycles. The molecule has 0 saturated carbocycles. The molecule has 0 aromatic heterocycles. The fourth-order valence-electron chi connectivity index (χ4n) is 1.32. The Labute approximate surface area is 75.0 Å². The predicted octanol–water partition coefficient (Wildman–Crippen LogP) is 3.07. The fourth-order valence-corrected chi connectivity index (χ4v) is 1.32. The summed E-state index contributed by atoms with van der Waals surface area (Å²) in [6.07, 6.45) is 6.31. The van der Waals surface area contributed by atoms with Crippen molar-refractivity contribution >= 4 is 5.97 Å². The molecule has 0 aliphatic rings. The molecule has 0 bridgehead atoms. The standard InChI is InChI=1S/C10H20O2/c1-3-5-6-7-8-9(4-2)10(11)12/h9H,3-8H2,1-2H3,(H,11,12). The summed E-state index contributed by atoms with van der Waals surface area (Å²) >= 11 is 0. The maximum atomic E-state index is 10.6. The molecular formula is C10H20O2. The molecule has 1 unspecified atom stereocenters. The molecule has 2 nitrogen and oxygen atoms in total. The average molecular weight is 172 g/mol. The van der Waals surface area contributed by atoms with Crippen LogP contribution in [0.25, 0.3) is 0 Å². The van der Waals surface area contributed by atoms with Gasteiger partial charge >= 0.3 is 5.97 Å². The smallest absolute Gasteiger partial charge is 0.306 e. The van der Waals surface area contributed by atoms with E-state index in [1.807, 2.05) is 6.92 Å². The first kappa shape index (κ1) is 11.5. The Morgan fingerprint density at radius 1 is 1.25 bits per heavy atom. The number of carboxylic acids is 1. The average Bonchev–Trinajstić information content (AvgIpc) is 2.04. The van der Waals surface area contributed by atoms with Crippen molar-refractivity contribution in [1.29, 1.82) is 0 Å². The lowest BCUT2D eigenvalue weighted by Crippen LogP contribution is -2.12. The molecule has 0 amide bonds. The van der Waals surface area contributed by atoms with Crippen LogP contribution < -0.4 is 0 Å². The van der Waals surface area contributed by atoms with E-state index in [4.69, 9.17) is 5.11 Å². The molecule has 0 saturated heterocycles. The molecule has 0 rings (SSSR count). The van der Waals surface area contributed by atoms with Crippen LogP contribution in [0.1, 0.15) is 52.4 Å². The van der Waals surface area contributed by atoms with E-state index in [9.17, 15) is 4.79 Å². The third-order valence-electron chi connectivity index (χ3n) is 2.25. The minimum absolute atomic E-state index is 0.109. The highest BCUT2D eigenvalue weighted by Crippen LogP contribution is 2.13. The molecular weight excluding hydrogens is 152 g/mol. The van der Waals surface area contributed by atoms with Gasteiger partial charge in [-0.05, 0) is 12.8 Å². The highest BCUT2D eigenvalue weighted by atomic mass is 16.4. The SMILES string of the molecule is CCCCCCC(CC)C(=O)O. The molecule has 0 aromatic carbocycles. The summed E-state index contributed by atoms with van der Waals surface area (Å²) in [7, 11) is 0. The van der Waals surface area contributed by atoms with Crippen molar-refractivity contribution in [3.8, 4) is 0 Å². The van der Waals surface area contributed by atoms with Crippen LogP contribution in [0.4, 0.5) is 0 Å². The summed E-state index contributed by atoms with van der Waals surface area (Å²) in [5.41, 5.74) is 0. The van der Waals surface area contributed by atoms with Crippen LogP contribution >= 0.6 is 0 Å². The second kappa shape index (κ2) is 7.14. The van der Waals surface area contributed by atoms with E-state index in [2.05, 4.69) is 6.92 Å². The summed E-state index contributed by atoms with van der Waals surface area (Å²) in [5, 5.41) is 8.73. The van der Waals surface area contributed by atoms with Gasteiger partial charge in [0.05, 0.1) is 5.92 Å². The predicted molar refractivity (Wildman–Crippen MR) is 50.2 cm³/mol. The maximum absolute atomic E-state index is 10.6. The van der Waals surface area contributed by atoms with Gasteiger partial charge in [0.15, 0.2) is 0 Å². The molecule has 0 fully saturated rings. The van der Waals surface area contributed by atoms with Gasteiger partial charge in [0.1, 0.15) is 0 Å². The second-order valence-corrected chi connectivity index (χ2v) is 3.29. The van der Waals surface area contributed by atoms with Crippen LogP contribution in [0.2, 0.25) is 0 Å². The topological polar surface area (TPSA) is 37.3 Å². The minimum atomic E-state index is -0.631. The molecule has 0 heterocycles. The third-order valence-corrected chi connectivity index (χ3v) is 2.25. The largest absolute Gasteiger partial charge is 0.481 e. The second-order valence-electron chi connectivity index (χ2n) is 3.29. The van der Waals surface area contributed by atoms with E-state index < -0.39 is 5.97 Å². The van der Waals surface area contributed by atoms with E-state index in [0.29, 0.717) is 0 Å². The number of aliphatic carboxylic acids is 1. The Morgan fingerprint density at radius 2 is 1.92 bits per heavy atom. The van der Waals surface area contributed by atoms with Gasteiger partial charge in [-0.1, -0.05) is 39.5 Å². The Bertz CT molecular complexity index is 121. The number of carboxylic acid groups (broad SMARTS) is 1. The van der Waals surface area contributed by atoms with Gasteiger partial charge in [0, 0.05) is 0 Å². The lowest BCUT2D eigenvalue weighted by atomic mass is 9.99. The first-order valence-corrected chi connectivity index (χ1v) is 4.95. The number of hydrogen-bond acceptors (Lipinski definition) is 1. The Hall–Kier alpha value is -0.530. The van der Waals surface area contributed by atoms with Crippen molar-refractivity contribution in [2.45, 2.75) is 52.4 Å². The van der Waals surface area contributed by atoms with Crippen LogP contribution in [0.15, 0.2) is 0 Å². The molecule has 2 heteroatoms. The Balaban J connectivity index is 3.38. The maximum Gasteiger partial charge on any atom is 0.306 e. The fraction of sp³-hybridized carbons (Fsp3) is 0.900. The quantitative estimate of drug-likeness (QED) is 0.599. The van der Waals surface area contributed by atoms with E-state index >= 15 is 0 Å². The van der Waals surface area contributed by atoms with Crippen LogP contribution in [-0.2, 0) is 4.79 Å². The highest BCUT2D eigenvalue weighted by Gasteiger charge is 2.13. The monoisotopic (exact) mass is 172 g/mol. The van der Waals surface area contributed by atoms with E-state index in [0.717, 1.165) is 19.3 Å². The first-order chi connectivity index (χ1) is 5.72. The molecule has 12 heavy (non-hydrogen) atoms. The summed E-state index contributed by atoms with van der Waals surface area (Å²) < 4.78 is 0. The number of unbranched alkanes of at least 4 members (excludes halogenated alkanes) is 3. The molecule has 1 N–H and O–H groups in total. The van der Waals surface area contributed by atoms with Crippen molar-refractivity contribution in [2.75, 3.05) is 0 Å². The zero-order valence-electron chi connectivity index (χ0n) is 8.18. The van der Waals surface area contributed by atoms with Crippen molar-refractivity contribution in [1.82, 2.24) is 0 Å². The zero-order valence-corrected chi connectivity index (χ0v) is 8.18. The van der Waals surface area contributed by atoms with Crippen molar-refractivity contribution in [3.05, 3.63) is 0 Å². The van der Waals surface area contributed by atoms with Gasteiger partial charge in [-0.25, -0.2) is 0 Å². The summed E-state index contributed by atoms with van der Waals surface area (Å²) in [4.78, 5) is 10.6. The van der Waals surface area contributed by atoms with Crippen LogP contribution in [0, 0.1) is 5.92 Å². The Kier molecular flexibility index (Phi) is 6.82. The van der Waals surface area contributed by atoms with E-state index in [1.165, 1.54) is 19.3 Å². The molecule has 1 atom stereocenters. The summed E-state index contributed by atoms with van der Waals surface area (Å²) in [6.45, 7) is 4.10. The molecule has 0 spiro atoms. The lowest BCUT2D eigenvalue weighted by molar-refractivity contribution is -0.142. The normalized spacial score (nSPS) is 12.8.